The monoisotopic (exact) mass is 374 g/mol. The Morgan fingerprint density at radius 1 is 1.14 bits per heavy atom. The van der Waals surface area contributed by atoms with Gasteiger partial charge in [-0.1, -0.05) is 37.0 Å². The molecule has 1 aromatic rings. The van der Waals surface area contributed by atoms with Crippen LogP contribution in [0.1, 0.15) is 32.3 Å². The molecule has 0 aliphatic rings. The molecular formula is C13H21Cl3N2O2S. The Hall–Kier alpha value is -0.0400. The van der Waals surface area contributed by atoms with Crippen LogP contribution in [0.5, 0.6) is 0 Å². The number of benzene rings is 1. The van der Waals surface area contributed by atoms with Gasteiger partial charge in [-0.3, -0.25) is 0 Å². The maximum absolute atomic E-state index is 12.0. The molecule has 1 rings (SSSR count). The predicted octanol–water partition coefficient (Wildman–Crippen LogP) is 3.35. The third kappa shape index (κ3) is 7.17. The highest BCUT2D eigenvalue weighted by atomic mass is 35.5. The van der Waals surface area contributed by atoms with E-state index in [9.17, 15) is 8.42 Å². The van der Waals surface area contributed by atoms with Crippen molar-refractivity contribution in [3.05, 3.63) is 33.8 Å². The highest BCUT2D eigenvalue weighted by molar-refractivity contribution is 7.88. The zero-order valence-electron chi connectivity index (χ0n) is 12.0. The lowest BCUT2D eigenvalue weighted by Crippen LogP contribution is -2.49. The van der Waals surface area contributed by atoms with E-state index in [1.54, 1.807) is 18.2 Å². The Bertz CT molecular complexity index is 540. The second-order valence-electron chi connectivity index (χ2n) is 4.93. The molecular weight excluding hydrogens is 355 g/mol. The van der Waals surface area contributed by atoms with E-state index in [0.29, 0.717) is 28.5 Å². The predicted molar refractivity (Wildman–Crippen MR) is 91.8 cm³/mol. The summed E-state index contributed by atoms with van der Waals surface area (Å²) in [5.41, 5.74) is 6.11. The summed E-state index contributed by atoms with van der Waals surface area (Å²) in [6.07, 6.45) is 1.41. The number of halogens is 3. The average Bonchev–Trinajstić information content (AvgIpc) is 2.34. The molecule has 0 amide bonds. The Kier molecular flexibility index (Phi) is 8.54. The van der Waals surface area contributed by atoms with Gasteiger partial charge < -0.3 is 5.73 Å². The molecule has 0 unspecified atom stereocenters. The Balaban J connectivity index is 0.00000400. The van der Waals surface area contributed by atoms with Crippen LogP contribution in [0.3, 0.4) is 0 Å². The summed E-state index contributed by atoms with van der Waals surface area (Å²) < 4.78 is 26.6. The fourth-order valence-electron chi connectivity index (χ4n) is 1.72. The van der Waals surface area contributed by atoms with Crippen molar-refractivity contribution in [2.75, 3.05) is 6.54 Å². The van der Waals surface area contributed by atoms with Gasteiger partial charge in [-0.05, 0) is 36.6 Å². The Morgan fingerprint density at radius 2 is 1.62 bits per heavy atom. The van der Waals surface area contributed by atoms with Gasteiger partial charge in [-0.25, -0.2) is 13.1 Å². The van der Waals surface area contributed by atoms with E-state index in [1.807, 2.05) is 13.8 Å². The molecule has 3 N–H and O–H groups in total. The van der Waals surface area contributed by atoms with Crippen molar-refractivity contribution in [2.24, 2.45) is 5.73 Å². The molecule has 1 aromatic carbocycles. The highest BCUT2D eigenvalue weighted by Crippen LogP contribution is 2.20. The molecule has 8 heteroatoms. The zero-order valence-corrected chi connectivity index (χ0v) is 15.2. The molecule has 0 aromatic heterocycles. The minimum atomic E-state index is -3.47. The normalized spacial score (nSPS) is 12.0. The molecule has 122 valence electrons. The minimum Gasteiger partial charge on any atom is -0.324 e. The molecule has 4 nitrogen and oxygen atoms in total. The van der Waals surface area contributed by atoms with Gasteiger partial charge in [-0.15, -0.1) is 12.4 Å². The van der Waals surface area contributed by atoms with E-state index in [-0.39, 0.29) is 24.7 Å². The zero-order chi connectivity index (χ0) is 15.4. The molecule has 0 radical (unpaired) electrons. The third-order valence-electron chi connectivity index (χ3n) is 3.33. The van der Waals surface area contributed by atoms with E-state index in [1.165, 1.54) is 0 Å². The van der Waals surface area contributed by atoms with Gasteiger partial charge in [0.15, 0.2) is 0 Å². The average molecular weight is 376 g/mol. The molecule has 0 spiro atoms. The maximum atomic E-state index is 12.0. The lowest BCUT2D eigenvalue weighted by atomic mass is 9.95. The van der Waals surface area contributed by atoms with Crippen LogP contribution < -0.4 is 10.5 Å². The van der Waals surface area contributed by atoms with Crippen molar-refractivity contribution in [1.29, 1.82) is 0 Å². The molecule has 21 heavy (non-hydrogen) atoms. The third-order valence-corrected chi connectivity index (χ3v) is 5.07. The van der Waals surface area contributed by atoms with Crippen LogP contribution in [0.2, 0.25) is 10.0 Å². The molecule has 0 bridgehead atoms. The van der Waals surface area contributed by atoms with Gasteiger partial charge in [0.2, 0.25) is 10.0 Å². The highest BCUT2D eigenvalue weighted by Gasteiger charge is 2.23. The van der Waals surface area contributed by atoms with E-state index in [4.69, 9.17) is 28.9 Å². The lowest BCUT2D eigenvalue weighted by Gasteiger charge is -2.26. The summed E-state index contributed by atoms with van der Waals surface area (Å²) in [4.78, 5) is 0. The number of hydrogen-bond donors (Lipinski definition) is 2. The van der Waals surface area contributed by atoms with Crippen molar-refractivity contribution in [1.82, 2.24) is 4.72 Å². The van der Waals surface area contributed by atoms with Crippen LogP contribution in [0.15, 0.2) is 18.2 Å². The van der Waals surface area contributed by atoms with Gasteiger partial charge in [0.1, 0.15) is 0 Å². The standard InChI is InChI=1S/C13H20Cl2N2O2S.ClH/c1-3-13(16,4-2)9-17-20(18,19)8-10-5-11(14)7-12(15)6-10;/h5-7,17H,3-4,8-9,16H2,1-2H3;1H. The Labute approximate surface area is 142 Å². The van der Waals surface area contributed by atoms with Crippen LogP contribution in [-0.4, -0.2) is 20.5 Å². The van der Waals surface area contributed by atoms with Gasteiger partial charge in [0.05, 0.1) is 5.75 Å². The first-order valence-corrected chi connectivity index (χ1v) is 8.81. The largest absolute Gasteiger partial charge is 0.324 e. The van der Waals surface area contributed by atoms with E-state index in [0.717, 1.165) is 0 Å². The van der Waals surface area contributed by atoms with E-state index in [2.05, 4.69) is 4.72 Å². The van der Waals surface area contributed by atoms with Gasteiger partial charge >= 0.3 is 0 Å². The number of hydrogen-bond acceptors (Lipinski definition) is 3. The second-order valence-corrected chi connectivity index (χ2v) is 7.61. The van der Waals surface area contributed by atoms with Crippen molar-refractivity contribution in [3.8, 4) is 0 Å². The molecule has 0 saturated heterocycles. The quantitative estimate of drug-likeness (QED) is 0.767. The number of sulfonamides is 1. The molecule has 0 heterocycles. The van der Waals surface area contributed by atoms with Crippen LogP contribution in [-0.2, 0) is 15.8 Å². The minimum absolute atomic E-state index is 0. The van der Waals surface area contributed by atoms with Crippen molar-refractivity contribution < 1.29 is 8.42 Å². The van der Waals surface area contributed by atoms with E-state index < -0.39 is 15.6 Å². The summed E-state index contributed by atoms with van der Waals surface area (Å²) in [5, 5.41) is 0.830. The number of nitrogens with one attached hydrogen (secondary N) is 1. The summed E-state index contributed by atoms with van der Waals surface area (Å²) in [5.74, 6) is -0.170. The molecule has 0 saturated carbocycles. The SMILES string of the molecule is CCC(N)(CC)CNS(=O)(=O)Cc1cc(Cl)cc(Cl)c1.Cl. The number of nitrogens with two attached hydrogens (primary N) is 1. The number of rotatable bonds is 7. The van der Waals surface area contributed by atoms with Gasteiger partial charge in [-0.2, -0.15) is 0 Å². The molecule has 0 atom stereocenters. The van der Waals surface area contributed by atoms with Crippen LogP contribution in [0, 0.1) is 0 Å². The van der Waals surface area contributed by atoms with Crippen LogP contribution in [0.25, 0.3) is 0 Å². The van der Waals surface area contributed by atoms with Gasteiger partial charge in [0, 0.05) is 22.1 Å². The van der Waals surface area contributed by atoms with E-state index >= 15 is 0 Å². The van der Waals surface area contributed by atoms with Crippen molar-refractivity contribution >= 4 is 45.6 Å². The topological polar surface area (TPSA) is 72.2 Å². The Morgan fingerprint density at radius 3 is 2.05 bits per heavy atom. The smallest absolute Gasteiger partial charge is 0.215 e. The first-order chi connectivity index (χ1) is 9.19. The first kappa shape index (κ1) is 21.0. The fraction of sp³-hybridized carbons (Fsp3) is 0.538. The lowest BCUT2D eigenvalue weighted by molar-refractivity contribution is 0.391. The summed E-state index contributed by atoms with van der Waals surface area (Å²) in [6.45, 7) is 4.10. The maximum Gasteiger partial charge on any atom is 0.215 e. The fourth-order valence-corrected chi connectivity index (χ4v) is 3.50. The van der Waals surface area contributed by atoms with Crippen molar-refractivity contribution in [2.45, 2.75) is 38.0 Å². The van der Waals surface area contributed by atoms with Gasteiger partial charge in [0.25, 0.3) is 0 Å². The van der Waals surface area contributed by atoms with Crippen molar-refractivity contribution in [3.63, 3.8) is 0 Å². The molecule has 0 aliphatic heterocycles. The van der Waals surface area contributed by atoms with Crippen LogP contribution in [0.4, 0.5) is 0 Å². The molecule has 0 fully saturated rings. The molecule has 0 aliphatic carbocycles. The first-order valence-electron chi connectivity index (χ1n) is 6.41. The second kappa shape index (κ2) is 8.56. The summed E-state index contributed by atoms with van der Waals surface area (Å²) >= 11 is 11.7. The summed E-state index contributed by atoms with van der Waals surface area (Å²) in [6, 6.07) is 4.73. The van der Waals surface area contributed by atoms with Crippen LogP contribution >= 0.6 is 35.6 Å². The summed E-state index contributed by atoms with van der Waals surface area (Å²) in [7, 11) is -3.47.